The highest BCUT2D eigenvalue weighted by molar-refractivity contribution is 7.18. The number of nitrogens with zero attached hydrogens (tertiary/aromatic N) is 1. The fourth-order valence-electron chi connectivity index (χ4n) is 2.93. The van der Waals surface area contributed by atoms with Crippen LogP contribution in [0, 0.1) is 0 Å². The molecule has 122 valence electrons. The first-order valence-corrected chi connectivity index (χ1v) is 9.35. The molecule has 0 fully saturated rings. The van der Waals surface area contributed by atoms with Gasteiger partial charge in [-0.3, -0.25) is 4.79 Å². The van der Waals surface area contributed by atoms with Gasteiger partial charge < -0.3 is 4.98 Å². The van der Waals surface area contributed by atoms with Gasteiger partial charge in [-0.2, -0.15) is 0 Å². The Kier molecular flexibility index (Phi) is 4.17. The Morgan fingerprint density at radius 3 is 2.88 bits per heavy atom. The summed E-state index contributed by atoms with van der Waals surface area (Å²) in [7, 11) is 0. The summed E-state index contributed by atoms with van der Waals surface area (Å²) in [6, 6.07) is 5.21. The molecule has 0 saturated heterocycles. The minimum Gasteiger partial charge on any atom is -0.305 e. The number of aromatic nitrogens is 2. The molecule has 0 bridgehead atoms. The Morgan fingerprint density at radius 1 is 1.25 bits per heavy atom. The summed E-state index contributed by atoms with van der Waals surface area (Å²) in [6.45, 7) is 0. The van der Waals surface area contributed by atoms with Crippen molar-refractivity contribution in [3.05, 3.63) is 60.4 Å². The molecule has 0 saturated carbocycles. The topological polar surface area (TPSA) is 45.8 Å². The van der Waals surface area contributed by atoms with E-state index >= 15 is 0 Å². The molecule has 2 aromatic heterocycles. The predicted octanol–water partition coefficient (Wildman–Crippen LogP) is 5.52. The van der Waals surface area contributed by atoms with E-state index in [-0.39, 0.29) is 5.56 Å². The minimum absolute atomic E-state index is 0.130. The molecule has 1 N–H and O–H groups in total. The van der Waals surface area contributed by atoms with E-state index in [9.17, 15) is 4.79 Å². The summed E-state index contributed by atoms with van der Waals surface area (Å²) in [6.07, 6.45) is 4.79. The fraction of sp³-hybridized carbons (Fsp3) is 0.176. The fourth-order valence-corrected chi connectivity index (χ4v) is 4.72. The monoisotopic (exact) mass is 396 g/mol. The van der Waals surface area contributed by atoms with Gasteiger partial charge in [-0.05, 0) is 48.6 Å². The summed E-state index contributed by atoms with van der Waals surface area (Å²) < 4.78 is 0. The summed E-state index contributed by atoms with van der Waals surface area (Å²) >= 11 is 19.9. The summed E-state index contributed by atoms with van der Waals surface area (Å²) in [5.41, 5.74) is 1.81. The Hall–Kier alpha value is -1.33. The van der Waals surface area contributed by atoms with E-state index in [2.05, 4.69) is 9.97 Å². The lowest BCUT2D eigenvalue weighted by molar-refractivity contribution is 0.916. The van der Waals surface area contributed by atoms with Crippen molar-refractivity contribution in [2.75, 3.05) is 0 Å². The second-order valence-electron chi connectivity index (χ2n) is 5.62. The van der Waals surface area contributed by atoms with Crippen LogP contribution < -0.4 is 5.56 Å². The molecule has 7 heteroatoms. The van der Waals surface area contributed by atoms with Crippen LogP contribution in [-0.2, 0) is 12.8 Å². The number of H-pyrrole nitrogens is 1. The molecular formula is C17H11Cl3N2OS. The van der Waals surface area contributed by atoms with Gasteiger partial charge in [0.15, 0.2) is 5.82 Å². The van der Waals surface area contributed by atoms with E-state index in [1.165, 1.54) is 4.88 Å². The van der Waals surface area contributed by atoms with Gasteiger partial charge in [0, 0.05) is 4.88 Å². The molecule has 0 atom stereocenters. The van der Waals surface area contributed by atoms with Gasteiger partial charge in [-0.1, -0.05) is 40.9 Å². The highest BCUT2D eigenvalue weighted by Crippen LogP contribution is 2.35. The Labute approximate surface area is 156 Å². The quantitative estimate of drug-likeness (QED) is 0.619. The van der Waals surface area contributed by atoms with Crippen LogP contribution in [0.3, 0.4) is 0 Å². The highest BCUT2D eigenvalue weighted by atomic mass is 35.5. The number of hydrogen-bond donors (Lipinski definition) is 1. The number of hydrogen-bond acceptors (Lipinski definition) is 3. The molecule has 0 aliphatic heterocycles. The second kappa shape index (κ2) is 6.19. The van der Waals surface area contributed by atoms with Gasteiger partial charge in [-0.25, -0.2) is 4.98 Å². The van der Waals surface area contributed by atoms with Crippen LogP contribution in [-0.4, -0.2) is 9.97 Å². The van der Waals surface area contributed by atoms with Crippen LogP contribution in [0.4, 0.5) is 0 Å². The van der Waals surface area contributed by atoms with Crippen molar-refractivity contribution in [1.29, 1.82) is 0 Å². The first kappa shape index (κ1) is 16.2. The number of fused-ring (bicyclic) bond motifs is 3. The van der Waals surface area contributed by atoms with Gasteiger partial charge in [0.2, 0.25) is 0 Å². The number of halogens is 3. The van der Waals surface area contributed by atoms with Crippen molar-refractivity contribution in [3.8, 4) is 0 Å². The second-order valence-corrected chi connectivity index (χ2v) is 7.92. The average molecular weight is 398 g/mol. The van der Waals surface area contributed by atoms with Gasteiger partial charge >= 0.3 is 0 Å². The maximum absolute atomic E-state index is 12.5. The number of nitrogens with one attached hydrogen (secondary N) is 1. The smallest absolute Gasteiger partial charge is 0.260 e. The number of rotatable bonds is 2. The van der Waals surface area contributed by atoms with E-state index in [1.807, 2.05) is 0 Å². The van der Waals surface area contributed by atoms with E-state index in [0.29, 0.717) is 20.9 Å². The van der Waals surface area contributed by atoms with Crippen LogP contribution in [0.1, 0.15) is 28.2 Å². The molecule has 3 aromatic rings. The van der Waals surface area contributed by atoms with Crippen molar-refractivity contribution in [2.45, 2.75) is 19.3 Å². The standard InChI is InChI=1S/C17H11Cl3N2OS/c18-10-5-4-8(6-11(10)19)7-12(20)15-21-16(23)14-9-2-1-3-13(9)24-17(14)22-15/h4-7H,1-3H2,(H,21,22,23)/b12-7-. The molecule has 0 unspecified atom stereocenters. The van der Waals surface area contributed by atoms with Crippen LogP contribution in [0.15, 0.2) is 23.0 Å². The molecule has 4 rings (SSSR count). The first-order chi connectivity index (χ1) is 11.5. The van der Waals surface area contributed by atoms with E-state index in [0.717, 1.165) is 40.6 Å². The number of thiophene rings is 1. The third-order valence-corrected chi connectivity index (χ3v) is 6.25. The van der Waals surface area contributed by atoms with E-state index in [1.54, 1.807) is 35.6 Å². The summed E-state index contributed by atoms with van der Waals surface area (Å²) in [5, 5.41) is 1.99. The molecule has 0 spiro atoms. The van der Waals surface area contributed by atoms with Crippen molar-refractivity contribution in [2.24, 2.45) is 0 Å². The van der Waals surface area contributed by atoms with Crippen LogP contribution in [0.5, 0.6) is 0 Å². The number of aryl methyl sites for hydroxylation is 2. The molecule has 1 aromatic carbocycles. The lowest BCUT2D eigenvalue weighted by atomic mass is 10.2. The largest absolute Gasteiger partial charge is 0.305 e. The van der Waals surface area contributed by atoms with Crippen molar-refractivity contribution in [3.63, 3.8) is 0 Å². The molecule has 1 aliphatic rings. The minimum atomic E-state index is -0.130. The predicted molar refractivity (Wildman–Crippen MR) is 102 cm³/mol. The third-order valence-electron chi connectivity index (χ3n) is 4.04. The lowest BCUT2D eigenvalue weighted by Crippen LogP contribution is -2.10. The molecule has 1 aliphatic carbocycles. The molecule has 2 heterocycles. The SMILES string of the molecule is O=c1[nH]c(/C(Cl)=C/c2ccc(Cl)c(Cl)c2)nc2sc3c(c12)CCC3. The maximum atomic E-state index is 12.5. The lowest BCUT2D eigenvalue weighted by Gasteiger charge is -2.02. The zero-order valence-corrected chi connectivity index (χ0v) is 15.4. The molecule has 24 heavy (non-hydrogen) atoms. The van der Waals surface area contributed by atoms with Gasteiger partial charge in [-0.15, -0.1) is 11.3 Å². The Morgan fingerprint density at radius 2 is 2.08 bits per heavy atom. The van der Waals surface area contributed by atoms with E-state index in [4.69, 9.17) is 34.8 Å². The zero-order chi connectivity index (χ0) is 16.8. The van der Waals surface area contributed by atoms with Crippen molar-refractivity contribution < 1.29 is 0 Å². The zero-order valence-electron chi connectivity index (χ0n) is 12.3. The van der Waals surface area contributed by atoms with Crippen LogP contribution in [0.25, 0.3) is 21.3 Å². The number of aromatic amines is 1. The molecule has 3 nitrogen and oxygen atoms in total. The molecule has 0 amide bonds. The van der Waals surface area contributed by atoms with Crippen LogP contribution in [0.2, 0.25) is 10.0 Å². The Bertz CT molecular complexity index is 1050. The van der Waals surface area contributed by atoms with Gasteiger partial charge in [0.25, 0.3) is 5.56 Å². The number of benzene rings is 1. The average Bonchev–Trinajstić information content (AvgIpc) is 3.11. The summed E-state index contributed by atoms with van der Waals surface area (Å²) in [5.74, 6) is 0.361. The van der Waals surface area contributed by atoms with Crippen LogP contribution >= 0.6 is 46.1 Å². The Balaban J connectivity index is 1.79. The summed E-state index contributed by atoms with van der Waals surface area (Å²) in [4.78, 5) is 21.8. The van der Waals surface area contributed by atoms with Gasteiger partial charge in [0.05, 0.1) is 20.5 Å². The third kappa shape index (κ3) is 2.78. The molecule has 0 radical (unpaired) electrons. The maximum Gasteiger partial charge on any atom is 0.260 e. The van der Waals surface area contributed by atoms with E-state index < -0.39 is 0 Å². The normalized spacial score (nSPS) is 14.4. The van der Waals surface area contributed by atoms with Crippen molar-refractivity contribution in [1.82, 2.24) is 9.97 Å². The van der Waals surface area contributed by atoms with Gasteiger partial charge in [0.1, 0.15) is 4.83 Å². The first-order valence-electron chi connectivity index (χ1n) is 7.40. The molecular weight excluding hydrogens is 387 g/mol. The highest BCUT2D eigenvalue weighted by Gasteiger charge is 2.21. The van der Waals surface area contributed by atoms with Crippen molar-refractivity contribution >= 4 is 67.5 Å².